The van der Waals surface area contributed by atoms with Gasteiger partial charge < -0.3 is 9.31 Å². The van der Waals surface area contributed by atoms with Gasteiger partial charge in [-0.3, -0.25) is 0 Å². The van der Waals surface area contributed by atoms with Crippen LogP contribution in [0.5, 0.6) is 0 Å². The van der Waals surface area contributed by atoms with Gasteiger partial charge in [0.05, 0.1) is 0 Å². The van der Waals surface area contributed by atoms with Crippen LogP contribution in [-0.4, -0.2) is 17.8 Å². The van der Waals surface area contributed by atoms with E-state index in [-0.39, 0.29) is 35.5 Å². The fourth-order valence-corrected chi connectivity index (χ4v) is 5.16. The van der Waals surface area contributed by atoms with Gasteiger partial charge >= 0.3 is 18.9 Å². The third-order valence-corrected chi connectivity index (χ3v) is 7.85. The maximum absolute atomic E-state index is 6.84. The first-order valence-corrected chi connectivity index (χ1v) is 10.8. The molecule has 1 fully saturated rings. The van der Waals surface area contributed by atoms with Crippen LogP contribution in [0.2, 0.25) is 5.82 Å². The van der Waals surface area contributed by atoms with E-state index in [0.717, 1.165) is 6.42 Å². The minimum Gasteiger partial charge on any atom is -0.558 e. The molecule has 0 N–H and O–H groups in total. The van der Waals surface area contributed by atoms with Gasteiger partial charge in [0.2, 0.25) is 0 Å². The third-order valence-electron chi connectivity index (χ3n) is 7.85. The predicted molar refractivity (Wildman–Crippen MR) is 119 cm³/mol. The van der Waals surface area contributed by atoms with Crippen molar-refractivity contribution in [3.05, 3.63) is 53.6 Å². The molecule has 1 saturated heterocycles. The second-order valence-corrected chi connectivity index (χ2v) is 10.4. The number of benzene rings is 2. The van der Waals surface area contributed by atoms with Crippen LogP contribution < -0.4 is 24.3 Å². The van der Waals surface area contributed by atoms with Crippen LogP contribution in [0.15, 0.2) is 42.5 Å². The zero-order valence-corrected chi connectivity index (χ0v) is 19.7. The maximum atomic E-state index is 6.84. The zero-order chi connectivity index (χ0) is 20.5. The summed E-state index contributed by atoms with van der Waals surface area (Å²) in [6, 6.07) is 15.7. The molecular weight excluding hydrogens is 350 g/mol. The van der Waals surface area contributed by atoms with Gasteiger partial charge in [-0.05, 0) is 49.9 Å². The monoisotopic (exact) mass is 384 g/mol. The van der Waals surface area contributed by atoms with Crippen molar-refractivity contribution in [1.82, 2.24) is 0 Å². The van der Waals surface area contributed by atoms with Crippen molar-refractivity contribution in [2.45, 2.75) is 84.2 Å². The Hall–Kier alpha value is -0.978. The summed E-state index contributed by atoms with van der Waals surface area (Å²) in [5, 5.41) is 0. The molecule has 0 saturated carbocycles. The number of rotatable bonds is 3. The molecule has 1 heterocycles. The van der Waals surface area contributed by atoms with Gasteiger partial charge in [0.25, 0.3) is 6.55 Å². The fraction of sp³-hybridized carbons (Fsp3) is 0.520. The fourth-order valence-electron chi connectivity index (χ4n) is 5.16. The van der Waals surface area contributed by atoms with Crippen molar-refractivity contribution in [2.24, 2.45) is 0 Å². The largest absolute Gasteiger partial charge is 1.00 e. The molecule has 0 bridgehead atoms. The smallest absolute Gasteiger partial charge is 0.558 e. The molecule has 2 nitrogen and oxygen atoms in total. The molecule has 29 heavy (non-hydrogen) atoms. The van der Waals surface area contributed by atoms with Crippen molar-refractivity contribution in [3.63, 3.8) is 0 Å². The van der Waals surface area contributed by atoms with E-state index >= 15 is 0 Å². The van der Waals surface area contributed by atoms with E-state index in [9.17, 15) is 0 Å². The Morgan fingerprint density at radius 2 is 1.38 bits per heavy atom. The second-order valence-electron chi connectivity index (χ2n) is 10.4. The number of fused-ring (bicyclic) bond motifs is 3. The van der Waals surface area contributed by atoms with E-state index < -0.39 is 6.55 Å². The Bertz CT molecular complexity index is 916. The van der Waals surface area contributed by atoms with Crippen molar-refractivity contribution in [3.8, 4) is 11.1 Å². The molecule has 2 aromatic carbocycles. The summed E-state index contributed by atoms with van der Waals surface area (Å²) in [5.74, 6) is 0.311. The zero-order valence-electron chi connectivity index (χ0n) is 19.7. The second kappa shape index (κ2) is 7.03. The summed E-state index contributed by atoms with van der Waals surface area (Å²) in [7, 11) is 0. The van der Waals surface area contributed by atoms with E-state index in [1.54, 1.807) is 0 Å². The summed E-state index contributed by atoms with van der Waals surface area (Å²) in [6.07, 6.45) is 1.02. The van der Waals surface area contributed by atoms with E-state index in [0.29, 0.717) is 5.82 Å². The Labute approximate surface area is 188 Å². The van der Waals surface area contributed by atoms with Crippen LogP contribution in [-0.2, 0) is 14.7 Å². The van der Waals surface area contributed by atoms with Crippen LogP contribution >= 0.6 is 0 Å². The van der Waals surface area contributed by atoms with Gasteiger partial charge in [0, 0.05) is 16.6 Å². The topological polar surface area (TPSA) is 18.5 Å². The average molecular weight is 384 g/mol. The summed E-state index contributed by atoms with van der Waals surface area (Å²) in [4.78, 5) is 0. The summed E-state index contributed by atoms with van der Waals surface area (Å²) >= 11 is 0. The molecule has 1 aliphatic heterocycles. The standard InChI is InChI=1S/C25H34BO2.Li/c1-9-17(2)26(27-24(5,6)25(7,8)28-26)18-14-15-20-19-12-10-11-13-21(19)23(3,4)22(20)16-18;/h10-17H,9H2,1-8H3;/q-1;+1. The molecule has 4 heteroatoms. The van der Waals surface area contributed by atoms with E-state index in [4.69, 9.17) is 9.31 Å². The van der Waals surface area contributed by atoms with Crippen LogP contribution in [0.3, 0.4) is 0 Å². The van der Waals surface area contributed by atoms with Crippen LogP contribution in [0, 0.1) is 0 Å². The normalized spacial score (nSPS) is 23.0. The quantitative estimate of drug-likeness (QED) is 0.758. The van der Waals surface area contributed by atoms with Crippen molar-refractivity contribution >= 4 is 12.0 Å². The summed E-state index contributed by atoms with van der Waals surface area (Å²) in [6.45, 7) is 16.2. The Balaban J connectivity index is 0.00000240. The Morgan fingerprint density at radius 1 is 0.828 bits per heavy atom. The van der Waals surface area contributed by atoms with Gasteiger partial charge in [0.15, 0.2) is 0 Å². The van der Waals surface area contributed by atoms with Crippen LogP contribution in [0.25, 0.3) is 11.1 Å². The van der Waals surface area contributed by atoms with Crippen molar-refractivity contribution in [2.75, 3.05) is 0 Å². The molecule has 150 valence electrons. The Kier molecular flexibility index (Phi) is 5.50. The van der Waals surface area contributed by atoms with Gasteiger partial charge in [-0.1, -0.05) is 76.6 Å². The molecule has 0 spiro atoms. The SMILES string of the molecule is CCC(C)[B-]1(c2ccc3c(c2)C(C)(C)c2ccccc2-3)OC(C)(C)C(C)(C)O1.[Li+]. The maximum Gasteiger partial charge on any atom is 1.00 e. The number of hydrogen-bond donors (Lipinski definition) is 0. The molecular formula is C25H34BLiO2. The first-order valence-electron chi connectivity index (χ1n) is 10.8. The molecule has 1 unspecified atom stereocenters. The first kappa shape index (κ1) is 22.7. The van der Waals surface area contributed by atoms with Gasteiger partial charge in [-0.2, -0.15) is 5.46 Å². The molecule has 1 atom stereocenters. The van der Waals surface area contributed by atoms with Gasteiger partial charge in [0.1, 0.15) is 0 Å². The van der Waals surface area contributed by atoms with E-state index in [1.807, 2.05) is 0 Å². The average Bonchev–Trinajstić information content (AvgIpc) is 2.99. The molecule has 1 aliphatic carbocycles. The summed E-state index contributed by atoms with van der Waals surface area (Å²) < 4.78 is 13.7. The van der Waals surface area contributed by atoms with Gasteiger partial charge in [-0.25, -0.2) is 0 Å². The molecule has 0 amide bonds. The predicted octanol–water partition coefficient (Wildman–Crippen LogP) is 3.05. The minimum absolute atomic E-state index is 0. The van der Waals surface area contributed by atoms with E-state index in [2.05, 4.69) is 97.9 Å². The minimum atomic E-state index is -1.56. The van der Waals surface area contributed by atoms with Crippen molar-refractivity contribution in [1.29, 1.82) is 0 Å². The third kappa shape index (κ3) is 3.09. The first-order chi connectivity index (χ1) is 13.0. The number of hydrogen-bond acceptors (Lipinski definition) is 2. The van der Waals surface area contributed by atoms with Gasteiger partial charge in [-0.15, -0.1) is 5.82 Å². The molecule has 2 aromatic rings. The van der Waals surface area contributed by atoms with Crippen molar-refractivity contribution < 1.29 is 28.2 Å². The van der Waals surface area contributed by atoms with Crippen LogP contribution in [0.1, 0.15) is 72.9 Å². The molecule has 4 rings (SSSR count). The molecule has 2 aliphatic rings. The van der Waals surface area contributed by atoms with E-state index in [1.165, 1.54) is 27.7 Å². The summed E-state index contributed by atoms with van der Waals surface area (Å²) in [5.41, 5.74) is 5.99. The Morgan fingerprint density at radius 3 is 1.97 bits per heavy atom. The molecule has 0 aromatic heterocycles. The van der Waals surface area contributed by atoms with Crippen LogP contribution in [0.4, 0.5) is 0 Å². The molecule has 0 radical (unpaired) electrons.